The molecule has 0 aromatic heterocycles. The predicted molar refractivity (Wildman–Crippen MR) is 39.2 cm³/mol. The number of rotatable bonds is 3. The van der Waals surface area contributed by atoms with Crippen LogP contribution in [-0.4, -0.2) is 26.2 Å². The molecule has 0 amide bonds. The van der Waals surface area contributed by atoms with Crippen molar-refractivity contribution >= 4 is 16.0 Å². The SMILES string of the molecule is CCOC(=O)[C@H](C)S(N)(=O)=O. The van der Waals surface area contributed by atoms with Crippen LogP contribution in [0.15, 0.2) is 0 Å². The maximum absolute atomic E-state index is 10.7. The summed E-state index contributed by atoms with van der Waals surface area (Å²) < 4.78 is 25.5. The molecule has 0 unspecified atom stereocenters. The number of hydrogen-bond acceptors (Lipinski definition) is 4. The fraction of sp³-hybridized carbons (Fsp3) is 0.800. The van der Waals surface area contributed by atoms with Crippen molar-refractivity contribution in [2.24, 2.45) is 5.14 Å². The van der Waals surface area contributed by atoms with Crippen LogP contribution < -0.4 is 5.14 Å². The average Bonchev–Trinajstić information content (AvgIpc) is 1.85. The van der Waals surface area contributed by atoms with E-state index in [1.807, 2.05) is 0 Å². The summed E-state index contributed by atoms with van der Waals surface area (Å²) in [5.74, 6) is -0.810. The van der Waals surface area contributed by atoms with E-state index in [-0.39, 0.29) is 6.61 Å². The van der Waals surface area contributed by atoms with Gasteiger partial charge in [-0.15, -0.1) is 0 Å². The minimum absolute atomic E-state index is 0.151. The van der Waals surface area contributed by atoms with E-state index >= 15 is 0 Å². The molecule has 1 atom stereocenters. The highest BCUT2D eigenvalue weighted by atomic mass is 32.2. The first-order valence-corrected chi connectivity index (χ1v) is 4.68. The van der Waals surface area contributed by atoms with E-state index in [0.717, 1.165) is 0 Å². The van der Waals surface area contributed by atoms with Crippen LogP contribution in [0.4, 0.5) is 0 Å². The van der Waals surface area contributed by atoms with E-state index in [0.29, 0.717) is 0 Å². The second kappa shape index (κ2) is 3.68. The first-order valence-electron chi connectivity index (χ1n) is 3.07. The third-order valence-corrected chi connectivity index (χ3v) is 2.29. The van der Waals surface area contributed by atoms with Gasteiger partial charge in [0, 0.05) is 0 Å². The van der Waals surface area contributed by atoms with E-state index in [1.54, 1.807) is 6.92 Å². The molecule has 0 rings (SSSR count). The van der Waals surface area contributed by atoms with Gasteiger partial charge < -0.3 is 4.74 Å². The lowest BCUT2D eigenvalue weighted by atomic mass is 10.5. The Morgan fingerprint density at radius 2 is 2.09 bits per heavy atom. The zero-order valence-electron chi connectivity index (χ0n) is 6.40. The highest BCUT2D eigenvalue weighted by Gasteiger charge is 2.25. The van der Waals surface area contributed by atoms with Gasteiger partial charge in [0.05, 0.1) is 6.61 Å². The van der Waals surface area contributed by atoms with Crippen molar-refractivity contribution in [1.82, 2.24) is 0 Å². The van der Waals surface area contributed by atoms with Gasteiger partial charge in [-0.2, -0.15) is 0 Å². The summed E-state index contributed by atoms with van der Waals surface area (Å²) in [5, 5.41) is 3.41. The van der Waals surface area contributed by atoms with Gasteiger partial charge >= 0.3 is 5.97 Å². The lowest BCUT2D eigenvalue weighted by Crippen LogP contribution is -2.34. The van der Waals surface area contributed by atoms with Crippen molar-refractivity contribution in [2.45, 2.75) is 19.1 Å². The monoisotopic (exact) mass is 181 g/mol. The molecule has 6 heteroatoms. The van der Waals surface area contributed by atoms with E-state index in [2.05, 4.69) is 9.88 Å². The molecular weight excluding hydrogens is 170 g/mol. The van der Waals surface area contributed by atoms with E-state index < -0.39 is 21.2 Å². The molecule has 0 spiro atoms. The van der Waals surface area contributed by atoms with Crippen LogP contribution >= 0.6 is 0 Å². The van der Waals surface area contributed by atoms with Crippen molar-refractivity contribution in [1.29, 1.82) is 0 Å². The fourth-order valence-electron chi connectivity index (χ4n) is 0.394. The Balaban J connectivity index is 4.27. The number of primary sulfonamides is 1. The maximum Gasteiger partial charge on any atom is 0.325 e. The summed E-state index contributed by atoms with van der Waals surface area (Å²) in [6, 6.07) is 0. The number of hydrogen-bond donors (Lipinski definition) is 1. The predicted octanol–water partition coefficient (Wildman–Crippen LogP) is -0.773. The van der Waals surface area contributed by atoms with E-state index in [1.165, 1.54) is 6.92 Å². The quantitative estimate of drug-likeness (QED) is 0.579. The molecule has 5 nitrogen and oxygen atoms in total. The van der Waals surface area contributed by atoms with Gasteiger partial charge in [-0.1, -0.05) is 0 Å². The molecule has 11 heavy (non-hydrogen) atoms. The van der Waals surface area contributed by atoms with Gasteiger partial charge in [0.25, 0.3) is 0 Å². The summed E-state index contributed by atoms with van der Waals surface area (Å²) in [6.07, 6.45) is 0. The second-order valence-electron chi connectivity index (χ2n) is 1.98. The van der Waals surface area contributed by atoms with Crippen molar-refractivity contribution in [3.8, 4) is 0 Å². The third-order valence-electron chi connectivity index (χ3n) is 1.11. The summed E-state index contributed by atoms with van der Waals surface area (Å²) in [5.41, 5.74) is 0. The topological polar surface area (TPSA) is 86.5 Å². The molecule has 0 aliphatic heterocycles. The molecule has 0 aromatic rings. The van der Waals surface area contributed by atoms with Gasteiger partial charge in [0.2, 0.25) is 10.0 Å². The van der Waals surface area contributed by atoms with Crippen LogP contribution in [0.1, 0.15) is 13.8 Å². The molecule has 2 N–H and O–H groups in total. The lowest BCUT2D eigenvalue weighted by Gasteiger charge is -2.06. The Morgan fingerprint density at radius 3 is 2.36 bits per heavy atom. The molecular formula is C5H11NO4S. The Labute approximate surface area is 65.6 Å². The largest absolute Gasteiger partial charge is 0.465 e. The molecule has 0 radical (unpaired) electrons. The highest BCUT2D eigenvalue weighted by molar-refractivity contribution is 7.90. The Morgan fingerprint density at radius 1 is 1.64 bits per heavy atom. The molecule has 0 aromatic carbocycles. The first kappa shape index (κ1) is 10.4. The molecule has 0 fully saturated rings. The van der Waals surface area contributed by atoms with Crippen LogP contribution in [0, 0.1) is 0 Å². The van der Waals surface area contributed by atoms with Crippen molar-refractivity contribution in [3.05, 3.63) is 0 Å². The smallest absolute Gasteiger partial charge is 0.325 e. The van der Waals surface area contributed by atoms with E-state index in [9.17, 15) is 13.2 Å². The summed E-state index contributed by atoms with van der Waals surface area (Å²) in [7, 11) is -3.80. The first-order chi connectivity index (χ1) is 4.89. The normalized spacial score (nSPS) is 14.1. The van der Waals surface area contributed by atoms with Crippen molar-refractivity contribution in [2.75, 3.05) is 6.61 Å². The third kappa shape index (κ3) is 3.33. The molecule has 0 heterocycles. The van der Waals surface area contributed by atoms with Gasteiger partial charge in [-0.25, -0.2) is 13.6 Å². The van der Waals surface area contributed by atoms with Crippen LogP contribution in [0.25, 0.3) is 0 Å². The minimum Gasteiger partial charge on any atom is -0.465 e. The standard InChI is InChI=1S/C5H11NO4S/c1-3-10-5(7)4(2)11(6,8)9/h4H,3H2,1-2H3,(H2,6,8,9)/t4-/m0/s1. The zero-order valence-corrected chi connectivity index (χ0v) is 7.22. The summed E-state index contributed by atoms with van der Waals surface area (Å²) in [6.45, 7) is 2.93. The zero-order chi connectivity index (χ0) is 9.07. The Kier molecular flexibility index (Phi) is 3.47. The number of carbonyl (C=O) groups is 1. The molecule has 0 aliphatic rings. The molecule has 66 valence electrons. The molecule has 0 saturated carbocycles. The van der Waals surface area contributed by atoms with Gasteiger partial charge in [-0.3, -0.25) is 4.79 Å². The van der Waals surface area contributed by atoms with Gasteiger partial charge in [0.1, 0.15) is 0 Å². The van der Waals surface area contributed by atoms with Crippen LogP contribution in [0.3, 0.4) is 0 Å². The van der Waals surface area contributed by atoms with Crippen LogP contribution in [-0.2, 0) is 19.6 Å². The van der Waals surface area contributed by atoms with Gasteiger partial charge in [0.15, 0.2) is 5.25 Å². The second-order valence-corrected chi connectivity index (χ2v) is 3.87. The summed E-state index contributed by atoms with van der Waals surface area (Å²) in [4.78, 5) is 10.7. The van der Waals surface area contributed by atoms with Gasteiger partial charge in [-0.05, 0) is 13.8 Å². The number of ether oxygens (including phenoxy) is 1. The van der Waals surface area contributed by atoms with E-state index in [4.69, 9.17) is 0 Å². The molecule has 0 saturated heterocycles. The molecule has 0 bridgehead atoms. The van der Waals surface area contributed by atoms with Crippen LogP contribution in [0.5, 0.6) is 0 Å². The molecule has 0 aliphatic carbocycles. The maximum atomic E-state index is 10.7. The lowest BCUT2D eigenvalue weighted by molar-refractivity contribution is -0.142. The fourth-order valence-corrected chi connectivity index (χ4v) is 0.730. The summed E-state index contributed by atoms with van der Waals surface area (Å²) >= 11 is 0. The Bertz CT molecular complexity index is 233. The van der Waals surface area contributed by atoms with Crippen LogP contribution in [0.2, 0.25) is 0 Å². The number of sulfonamides is 1. The number of carbonyl (C=O) groups excluding carboxylic acids is 1. The number of nitrogens with two attached hydrogens (primary N) is 1. The average molecular weight is 181 g/mol. The van der Waals surface area contributed by atoms with Crippen molar-refractivity contribution in [3.63, 3.8) is 0 Å². The highest BCUT2D eigenvalue weighted by Crippen LogP contribution is 1.97. The minimum atomic E-state index is -3.80. The van der Waals surface area contributed by atoms with Crippen molar-refractivity contribution < 1.29 is 17.9 Å². The Hall–Kier alpha value is -0.620. The number of esters is 1.